The Morgan fingerprint density at radius 1 is 1.16 bits per heavy atom. The van der Waals surface area contributed by atoms with Gasteiger partial charge in [-0.25, -0.2) is 13.1 Å². The Balaban J connectivity index is 2.03. The lowest BCUT2D eigenvalue weighted by Gasteiger charge is -2.16. The summed E-state index contributed by atoms with van der Waals surface area (Å²) in [5, 5.41) is 13.2. The van der Waals surface area contributed by atoms with Crippen molar-refractivity contribution in [1.82, 2.24) is 10.0 Å². The average Bonchev–Trinajstić information content (AvgIpc) is 2.71. The van der Waals surface area contributed by atoms with Gasteiger partial charge in [-0.3, -0.25) is 4.79 Å². The van der Waals surface area contributed by atoms with Crippen molar-refractivity contribution < 1.29 is 27.8 Å². The maximum atomic E-state index is 12.5. The minimum Gasteiger partial charge on any atom is -0.495 e. The van der Waals surface area contributed by atoms with Gasteiger partial charge in [0.2, 0.25) is 10.0 Å². The summed E-state index contributed by atoms with van der Waals surface area (Å²) in [6.07, 6.45) is -1.04. The lowest BCUT2D eigenvalue weighted by Crippen LogP contribution is -2.35. The maximum Gasteiger partial charge on any atom is 0.251 e. The highest BCUT2D eigenvalue weighted by molar-refractivity contribution is 7.89. The quantitative estimate of drug-likeness (QED) is 0.471. The highest BCUT2D eigenvalue weighted by Gasteiger charge is 2.22. The third-order valence-corrected chi connectivity index (χ3v) is 6.43. The number of aliphatic hydroxyl groups excluding tert-OH is 1. The van der Waals surface area contributed by atoms with Crippen molar-refractivity contribution in [3.05, 3.63) is 52.0 Å². The lowest BCUT2D eigenvalue weighted by atomic mass is 10.2. The SMILES string of the molecule is COc1ccc(C(=O)NCC(O)COc2cccc(Cl)c2Cl)cc1S(=O)(=O)NC(C)C. The van der Waals surface area contributed by atoms with E-state index in [1.807, 2.05) is 0 Å². The zero-order chi connectivity index (χ0) is 23.2. The van der Waals surface area contributed by atoms with Crippen LogP contribution in [0.2, 0.25) is 10.0 Å². The van der Waals surface area contributed by atoms with Crippen molar-refractivity contribution in [3.63, 3.8) is 0 Å². The molecule has 2 aromatic rings. The van der Waals surface area contributed by atoms with Gasteiger partial charge < -0.3 is 19.9 Å². The molecular weight excluding hydrogens is 467 g/mol. The second-order valence-electron chi connectivity index (χ2n) is 6.87. The predicted octanol–water partition coefficient (Wildman–Crippen LogP) is 2.86. The zero-order valence-electron chi connectivity index (χ0n) is 17.2. The van der Waals surface area contributed by atoms with Gasteiger partial charge in [0.05, 0.1) is 12.1 Å². The first-order valence-electron chi connectivity index (χ1n) is 9.28. The van der Waals surface area contributed by atoms with Crippen LogP contribution in [0.4, 0.5) is 0 Å². The summed E-state index contributed by atoms with van der Waals surface area (Å²) in [5.41, 5.74) is 0.0935. The number of rotatable bonds is 10. The van der Waals surface area contributed by atoms with Gasteiger partial charge in [-0.05, 0) is 44.2 Å². The van der Waals surface area contributed by atoms with Gasteiger partial charge in [0.25, 0.3) is 5.91 Å². The standard InChI is InChI=1S/C20H24Cl2N2O6S/c1-12(2)24-31(27,28)18-9-13(7-8-16(18)29-3)20(26)23-10-14(25)11-30-17-6-4-5-15(21)19(17)22/h4-9,12,14,24-25H,10-11H2,1-3H3,(H,23,26). The number of halogens is 2. The molecule has 0 fully saturated rings. The van der Waals surface area contributed by atoms with E-state index < -0.39 is 22.0 Å². The molecule has 0 heterocycles. The highest BCUT2D eigenvalue weighted by atomic mass is 35.5. The van der Waals surface area contributed by atoms with Crippen molar-refractivity contribution in [2.24, 2.45) is 0 Å². The largest absolute Gasteiger partial charge is 0.495 e. The van der Waals surface area contributed by atoms with E-state index in [1.54, 1.807) is 32.0 Å². The summed E-state index contributed by atoms with van der Waals surface area (Å²) >= 11 is 11.9. The molecule has 0 aromatic heterocycles. The Bertz CT molecular complexity index is 1030. The monoisotopic (exact) mass is 490 g/mol. The van der Waals surface area contributed by atoms with E-state index in [0.717, 1.165) is 0 Å². The van der Waals surface area contributed by atoms with Crippen molar-refractivity contribution in [1.29, 1.82) is 0 Å². The molecule has 1 atom stereocenters. The van der Waals surface area contributed by atoms with E-state index >= 15 is 0 Å². The van der Waals surface area contributed by atoms with Crippen LogP contribution >= 0.6 is 23.2 Å². The number of hydrogen-bond donors (Lipinski definition) is 3. The third-order valence-electron chi connectivity index (χ3n) is 3.95. The Kier molecular flexibility index (Phi) is 8.96. The summed E-state index contributed by atoms with van der Waals surface area (Å²) in [4.78, 5) is 12.3. The molecule has 1 unspecified atom stereocenters. The summed E-state index contributed by atoms with van der Waals surface area (Å²) in [5.74, 6) is -0.151. The number of ether oxygens (including phenoxy) is 2. The Hall–Kier alpha value is -2.04. The van der Waals surface area contributed by atoms with E-state index in [0.29, 0.717) is 10.8 Å². The van der Waals surface area contributed by atoms with E-state index in [9.17, 15) is 18.3 Å². The van der Waals surface area contributed by atoms with E-state index in [4.69, 9.17) is 32.7 Å². The molecule has 2 aromatic carbocycles. The topological polar surface area (TPSA) is 114 Å². The summed E-state index contributed by atoms with van der Waals surface area (Å²) < 4.78 is 38.1. The van der Waals surface area contributed by atoms with E-state index in [1.165, 1.54) is 25.3 Å². The molecule has 0 aliphatic rings. The molecule has 0 bridgehead atoms. The summed E-state index contributed by atoms with van der Waals surface area (Å²) in [7, 11) is -2.54. The first-order valence-corrected chi connectivity index (χ1v) is 11.5. The number of amides is 1. The Morgan fingerprint density at radius 2 is 1.87 bits per heavy atom. The fourth-order valence-electron chi connectivity index (χ4n) is 2.55. The minimum absolute atomic E-state index is 0.0935. The minimum atomic E-state index is -3.88. The molecule has 0 spiro atoms. The van der Waals surface area contributed by atoms with Crippen LogP contribution in [0.15, 0.2) is 41.3 Å². The molecule has 3 N–H and O–H groups in total. The second-order valence-corrected chi connectivity index (χ2v) is 9.34. The second kappa shape index (κ2) is 11.0. The van der Waals surface area contributed by atoms with Crippen molar-refractivity contribution >= 4 is 39.1 Å². The number of hydrogen-bond acceptors (Lipinski definition) is 6. The molecule has 170 valence electrons. The molecule has 8 nitrogen and oxygen atoms in total. The number of carbonyl (C=O) groups excluding carboxylic acids is 1. The molecule has 0 saturated heterocycles. The number of methoxy groups -OCH3 is 1. The number of aliphatic hydroxyl groups is 1. The van der Waals surface area contributed by atoms with Gasteiger partial charge in [0.15, 0.2) is 0 Å². The molecule has 31 heavy (non-hydrogen) atoms. The number of carbonyl (C=O) groups is 1. The van der Waals surface area contributed by atoms with E-state index in [2.05, 4.69) is 10.0 Å². The lowest BCUT2D eigenvalue weighted by molar-refractivity contribution is 0.0843. The normalized spacial score (nSPS) is 12.5. The molecule has 0 aliphatic carbocycles. The van der Waals surface area contributed by atoms with Crippen LogP contribution in [0.1, 0.15) is 24.2 Å². The third kappa shape index (κ3) is 6.98. The van der Waals surface area contributed by atoms with Crippen LogP contribution in [0, 0.1) is 0 Å². The molecule has 0 radical (unpaired) electrons. The molecular formula is C20H24Cl2N2O6S. The summed E-state index contributed by atoms with van der Waals surface area (Å²) in [6, 6.07) is 8.56. The number of benzene rings is 2. The average molecular weight is 491 g/mol. The van der Waals surface area contributed by atoms with E-state index in [-0.39, 0.29) is 40.4 Å². The van der Waals surface area contributed by atoms with Gasteiger partial charge >= 0.3 is 0 Å². The van der Waals surface area contributed by atoms with Crippen LogP contribution in [-0.2, 0) is 10.0 Å². The van der Waals surface area contributed by atoms with Crippen molar-refractivity contribution in [2.45, 2.75) is 30.9 Å². The molecule has 2 rings (SSSR count). The van der Waals surface area contributed by atoms with Gasteiger partial charge in [0, 0.05) is 18.2 Å². The van der Waals surface area contributed by atoms with Crippen LogP contribution in [0.3, 0.4) is 0 Å². The smallest absolute Gasteiger partial charge is 0.251 e. The summed E-state index contributed by atoms with van der Waals surface area (Å²) in [6.45, 7) is 3.09. The van der Waals surface area contributed by atoms with Gasteiger partial charge in [0.1, 0.15) is 34.1 Å². The fraction of sp³-hybridized carbons (Fsp3) is 0.350. The first kappa shape index (κ1) is 25.2. The Labute approximate surface area is 191 Å². The molecule has 0 saturated carbocycles. The predicted molar refractivity (Wildman–Crippen MR) is 119 cm³/mol. The molecule has 11 heteroatoms. The van der Waals surface area contributed by atoms with Gasteiger partial charge in [-0.1, -0.05) is 29.3 Å². The Morgan fingerprint density at radius 3 is 2.52 bits per heavy atom. The van der Waals surface area contributed by atoms with Gasteiger partial charge in [-0.2, -0.15) is 0 Å². The first-order chi connectivity index (χ1) is 14.5. The molecule has 0 aliphatic heterocycles. The van der Waals surface area contributed by atoms with Crippen LogP contribution in [0.25, 0.3) is 0 Å². The van der Waals surface area contributed by atoms with Gasteiger partial charge in [-0.15, -0.1) is 0 Å². The zero-order valence-corrected chi connectivity index (χ0v) is 19.5. The number of sulfonamides is 1. The maximum absolute atomic E-state index is 12.5. The number of nitrogens with one attached hydrogen (secondary N) is 2. The van der Waals surface area contributed by atoms with Crippen LogP contribution in [0.5, 0.6) is 11.5 Å². The van der Waals surface area contributed by atoms with Crippen molar-refractivity contribution in [2.75, 3.05) is 20.3 Å². The van der Waals surface area contributed by atoms with Crippen LogP contribution in [-0.4, -0.2) is 51.8 Å². The van der Waals surface area contributed by atoms with Crippen LogP contribution < -0.4 is 19.5 Å². The highest BCUT2D eigenvalue weighted by Crippen LogP contribution is 2.31. The fourth-order valence-corrected chi connectivity index (χ4v) is 4.35. The van der Waals surface area contributed by atoms with Crippen molar-refractivity contribution in [3.8, 4) is 11.5 Å². The molecule has 1 amide bonds.